The largest absolute Gasteiger partial charge is 0.245 e. The highest BCUT2D eigenvalue weighted by Crippen LogP contribution is 2.27. The molecule has 0 saturated heterocycles. The molecule has 0 aromatic heterocycles. The van der Waals surface area contributed by atoms with Crippen molar-refractivity contribution < 1.29 is 12.9 Å². The summed E-state index contributed by atoms with van der Waals surface area (Å²) < 4.78 is 35.4. The van der Waals surface area contributed by atoms with Gasteiger partial charge in [-0.15, -0.1) is 4.48 Å². The molecule has 0 spiro atoms. The SMILES string of the molecule is CC(C)(C)N(F)S(=O)(=O)C(C)(C)C. The van der Waals surface area contributed by atoms with Crippen LogP contribution < -0.4 is 0 Å². The summed E-state index contributed by atoms with van der Waals surface area (Å²) in [5, 5.41) is 0. The van der Waals surface area contributed by atoms with Gasteiger partial charge < -0.3 is 0 Å². The second kappa shape index (κ2) is 3.20. The van der Waals surface area contributed by atoms with Gasteiger partial charge in [0.15, 0.2) is 0 Å². The molecule has 0 N–H and O–H groups in total. The molecule has 0 aromatic carbocycles. The standard InChI is InChI=1S/C8H18FNO2S/c1-7(2,3)10(9)13(11,12)8(4,5)6/h1-6H3. The van der Waals surface area contributed by atoms with Crippen molar-refractivity contribution >= 4 is 10.0 Å². The van der Waals surface area contributed by atoms with Crippen LogP contribution in [0, 0.1) is 0 Å². The van der Waals surface area contributed by atoms with E-state index in [-0.39, 0.29) is 4.53 Å². The normalized spacial score (nSPS) is 15.1. The smallest absolute Gasteiger partial charge is 0.209 e. The van der Waals surface area contributed by atoms with Gasteiger partial charge in [0.25, 0.3) is 0 Å². The molecule has 0 amide bonds. The lowest BCUT2D eigenvalue weighted by Gasteiger charge is -2.31. The van der Waals surface area contributed by atoms with Gasteiger partial charge >= 0.3 is 0 Å². The van der Waals surface area contributed by atoms with Gasteiger partial charge in [0, 0.05) is 0 Å². The van der Waals surface area contributed by atoms with E-state index in [1.807, 2.05) is 0 Å². The van der Waals surface area contributed by atoms with E-state index in [0.29, 0.717) is 0 Å². The molecule has 3 nitrogen and oxygen atoms in total. The monoisotopic (exact) mass is 211 g/mol. The van der Waals surface area contributed by atoms with E-state index in [4.69, 9.17) is 0 Å². The second-order valence-electron chi connectivity index (χ2n) is 5.00. The summed E-state index contributed by atoms with van der Waals surface area (Å²) in [6, 6.07) is 0. The zero-order valence-corrected chi connectivity index (χ0v) is 9.87. The summed E-state index contributed by atoms with van der Waals surface area (Å²) in [5.74, 6) is 0. The van der Waals surface area contributed by atoms with Gasteiger partial charge in [-0.1, -0.05) is 0 Å². The average Bonchev–Trinajstić information content (AvgIpc) is 1.81. The molecule has 0 rings (SSSR count). The molecular weight excluding hydrogens is 193 g/mol. The highest BCUT2D eigenvalue weighted by molar-refractivity contribution is 7.90. The maximum atomic E-state index is 13.4. The molecule has 13 heavy (non-hydrogen) atoms. The van der Waals surface area contributed by atoms with Crippen molar-refractivity contribution in [3.63, 3.8) is 0 Å². The Morgan fingerprint density at radius 3 is 1.38 bits per heavy atom. The highest BCUT2D eigenvalue weighted by atomic mass is 32.2. The van der Waals surface area contributed by atoms with E-state index in [1.165, 1.54) is 41.5 Å². The molecule has 80 valence electrons. The summed E-state index contributed by atoms with van der Waals surface area (Å²) in [6.45, 7) is 8.95. The zero-order chi connectivity index (χ0) is 11.1. The van der Waals surface area contributed by atoms with Crippen LogP contribution in [0.3, 0.4) is 0 Å². The summed E-state index contributed by atoms with van der Waals surface area (Å²) in [5.41, 5.74) is -1.02. The summed E-state index contributed by atoms with van der Waals surface area (Å²) in [6.07, 6.45) is 0. The van der Waals surface area contributed by atoms with Crippen LogP contribution in [0.5, 0.6) is 0 Å². The predicted octanol–water partition coefficient (Wildman–Crippen LogP) is 2.10. The van der Waals surface area contributed by atoms with Crippen LogP contribution in [0.1, 0.15) is 41.5 Å². The molecule has 0 saturated carbocycles. The van der Waals surface area contributed by atoms with Crippen LogP contribution in [0.15, 0.2) is 0 Å². The number of halogens is 1. The van der Waals surface area contributed by atoms with Crippen LogP contribution in [0.25, 0.3) is 0 Å². The molecule has 0 unspecified atom stereocenters. The molecule has 0 aliphatic carbocycles. The number of hydrogen-bond acceptors (Lipinski definition) is 2. The minimum atomic E-state index is -3.87. The van der Waals surface area contributed by atoms with Crippen LogP contribution in [-0.4, -0.2) is 23.2 Å². The maximum Gasteiger partial charge on any atom is 0.245 e. The van der Waals surface area contributed by atoms with Crippen LogP contribution in [-0.2, 0) is 10.0 Å². The predicted molar refractivity (Wildman–Crippen MR) is 51.4 cm³/mol. The first-order valence-corrected chi connectivity index (χ1v) is 5.55. The molecule has 0 radical (unpaired) electrons. The van der Waals surface area contributed by atoms with Crippen molar-refractivity contribution in [3.05, 3.63) is 0 Å². The lowest BCUT2D eigenvalue weighted by molar-refractivity contribution is 0.0389. The van der Waals surface area contributed by atoms with E-state index in [9.17, 15) is 12.9 Å². The van der Waals surface area contributed by atoms with Gasteiger partial charge in [-0.25, -0.2) is 8.42 Å². The Bertz CT molecular complexity index is 271. The Balaban J connectivity index is 5.12. The summed E-state index contributed by atoms with van der Waals surface area (Å²) >= 11 is 0. The molecule has 0 atom stereocenters. The van der Waals surface area contributed by atoms with E-state index in [2.05, 4.69) is 0 Å². The topological polar surface area (TPSA) is 37.4 Å². The molecule has 5 heteroatoms. The van der Waals surface area contributed by atoms with Gasteiger partial charge in [-0.3, -0.25) is 0 Å². The van der Waals surface area contributed by atoms with Crippen molar-refractivity contribution in [3.8, 4) is 0 Å². The van der Waals surface area contributed by atoms with Crippen molar-refractivity contribution in [1.82, 2.24) is 4.53 Å². The summed E-state index contributed by atoms with van der Waals surface area (Å²) in [7, 11) is -3.87. The molecular formula is C8H18FNO2S. The van der Waals surface area contributed by atoms with Gasteiger partial charge in [0.05, 0.1) is 10.3 Å². The fourth-order valence-electron chi connectivity index (χ4n) is 0.601. The number of nitrogens with zero attached hydrogens (tertiary/aromatic N) is 1. The molecule has 0 heterocycles. The lowest BCUT2D eigenvalue weighted by Crippen LogP contribution is -2.47. The van der Waals surface area contributed by atoms with E-state index < -0.39 is 20.3 Å². The molecule has 0 aliphatic rings. The van der Waals surface area contributed by atoms with Gasteiger partial charge in [0.1, 0.15) is 0 Å². The van der Waals surface area contributed by atoms with Crippen molar-refractivity contribution in [1.29, 1.82) is 0 Å². The summed E-state index contributed by atoms with van der Waals surface area (Å²) in [4.78, 5) is 0. The van der Waals surface area contributed by atoms with Crippen LogP contribution in [0.2, 0.25) is 0 Å². The lowest BCUT2D eigenvalue weighted by atomic mass is 10.1. The van der Waals surface area contributed by atoms with E-state index in [0.717, 1.165) is 0 Å². The fraction of sp³-hybridized carbons (Fsp3) is 1.00. The third-order valence-corrected chi connectivity index (χ3v) is 4.03. The maximum absolute atomic E-state index is 13.4. The van der Waals surface area contributed by atoms with Crippen LogP contribution >= 0.6 is 0 Å². The Labute approximate surface area is 79.9 Å². The minimum Gasteiger partial charge on any atom is -0.209 e. The fourth-order valence-corrected chi connectivity index (χ4v) is 1.80. The average molecular weight is 211 g/mol. The molecule has 0 bridgehead atoms. The minimum absolute atomic E-state index is 0.0694. The quantitative estimate of drug-likeness (QED) is 0.623. The van der Waals surface area contributed by atoms with E-state index in [1.54, 1.807) is 0 Å². The number of rotatable bonds is 1. The molecule has 0 aliphatic heterocycles. The Morgan fingerprint density at radius 2 is 1.31 bits per heavy atom. The van der Waals surface area contributed by atoms with Gasteiger partial charge in [-0.05, 0) is 46.1 Å². The number of sulfonamides is 1. The third-order valence-electron chi connectivity index (χ3n) is 1.51. The second-order valence-corrected chi connectivity index (χ2v) is 7.50. The molecule has 0 aromatic rings. The Morgan fingerprint density at radius 1 is 1.00 bits per heavy atom. The first-order chi connectivity index (χ1) is 5.40. The van der Waals surface area contributed by atoms with Crippen LogP contribution in [0.4, 0.5) is 4.48 Å². The zero-order valence-electron chi connectivity index (χ0n) is 9.05. The van der Waals surface area contributed by atoms with Crippen molar-refractivity contribution in [2.24, 2.45) is 0 Å². The van der Waals surface area contributed by atoms with Gasteiger partial charge in [0.2, 0.25) is 10.0 Å². The highest BCUT2D eigenvalue weighted by Gasteiger charge is 2.41. The van der Waals surface area contributed by atoms with Crippen molar-refractivity contribution in [2.45, 2.75) is 51.8 Å². The van der Waals surface area contributed by atoms with E-state index >= 15 is 0 Å². The Hall–Kier alpha value is -0.160. The number of hydrogen-bond donors (Lipinski definition) is 0. The Kier molecular flexibility index (Phi) is 3.16. The first-order valence-electron chi connectivity index (χ1n) is 4.11. The van der Waals surface area contributed by atoms with Gasteiger partial charge in [-0.2, -0.15) is 0 Å². The first kappa shape index (κ1) is 12.8. The molecule has 0 fully saturated rings. The van der Waals surface area contributed by atoms with Crippen molar-refractivity contribution in [2.75, 3.05) is 0 Å². The third kappa shape index (κ3) is 2.64.